The zero-order valence-electron chi connectivity index (χ0n) is 9.58. The minimum atomic E-state index is -4.61. The summed E-state index contributed by atoms with van der Waals surface area (Å²) >= 11 is 0. The summed E-state index contributed by atoms with van der Waals surface area (Å²) in [7, 11) is 0. The third-order valence-electron chi connectivity index (χ3n) is 2.48. The molecule has 0 radical (unpaired) electrons. The van der Waals surface area contributed by atoms with Crippen LogP contribution in [0, 0.1) is 5.82 Å². The van der Waals surface area contributed by atoms with Gasteiger partial charge in [-0.2, -0.15) is 13.2 Å². The summed E-state index contributed by atoms with van der Waals surface area (Å²) in [4.78, 5) is 6.38. The second kappa shape index (κ2) is 4.93. The summed E-state index contributed by atoms with van der Waals surface area (Å²) in [6, 6.07) is 4.17. The number of alkyl halides is 3. The number of rotatable bonds is 2. The minimum absolute atomic E-state index is 0.122. The second-order valence-corrected chi connectivity index (χ2v) is 3.81. The van der Waals surface area contributed by atoms with Crippen LogP contribution in [0.15, 0.2) is 30.6 Å². The Morgan fingerprint density at radius 3 is 2.26 bits per heavy atom. The first-order valence-corrected chi connectivity index (χ1v) is 5.30. The molecule has 0 amide bonds. The van der Waals surface area contributed by atoms with Crippen molar-refractivity contribution in [1.29, 1.82) is 0 Å². The summed E-state index contributed by atoms with van der Waals surface area (Å²) in [6.07, 6.45) is -2.74. The van der Waals surface area contributed by atoms with E-state index in [0.29, 0.717) is 5.56 Å². The van der Waals surface area contributed by atoms with Crippen molar-refractivity contribution in [2.75, 3.05) is 0 Å². The van der Waals surface area contributed by atoms with Gasteiger partial charge < -0.3 is 5.73 Å². The van der Waals surface area contributed by atoms with Crippen molar-refractivity contribution in [3.05, 3.63) is 47.8 Å². The van der Waals surface area contributed by atoms with E-state index in [9.17, 15) is 17.6 Å². The Balaban J connectivity index is 2.42. The van der Waals surface area contributed by atoms with Gasteiger partial charge in [0.25, 0.3) is 0 Å². The van der Waals surface area contributed by atoms with E-state index in [0.717, 1.165) is 12.4 Å². The number of hydrogen-bond acceptors (Lipinski definition) is 3. The van der Waals surface area contributed by atoms with Crippen LogP contribution in [0.2, 0.25) is 0 Å². The average Bonchev–Trinajstić information content (AvgIpc) is 2.38. The summed E-state index contributed by atoms with van der Waals surface area (Å²) in [6.45, 7) is 0.203. The molecule has 2 N–H and O–H groups in total. The van der Waals surface area contributed by atoms with Gasteiger partial charge in [0.1, 0.15) is 5.82 Å². The number of benzene rings is 1. The molecule has 0 spiro atoms. The van der Waals surface area contributed by atoms with Gasteiger partial charge in [0.15, 0.2) is 0 Å². The minimum Gasteiger partial charge on any atom is -0.326 e. The molecule has 3 nitrogen and oxygen atoms in total. The topological polar surface area (TPSA) is 51.8 Å². The molecule has 0 aliphatic rings. The van der Waals surface area contributed by atoms with Gasteiger partial charge in [-0.15, -0.1) is 0 Å². The van der Waals surface area contributed by atoms with Crippen LogP contribution in [0.3, 0.4) is 0 Å². The second-order valence-electron chi connectivity index (χ2n) is 3.81. The quantitative estimate of drug-likeness (QED) is 0.854. The lowest BCUT2D eigenvalue weighted by molar-refractivity contribution is -0.144. The van der Waals surface area contributed by atoms with E-state index in [-0.39, 0.29) is 17.7 Å². The first-order valence-electron chi connectivity index (χ1n) is 5.30. The Morgan fingerprint density at radius 1 is 1.11 bits per heavy atom. The summed E-state index contributed by atoms with van der Waals surface area (Å²) in [5.41, 5.74) is 6.38. The number of nitrogens with zero attached hydrogens (tertiary/aromatic N) is 2. The van der Waals surface area contributed by atoms with Crippen LogP contribution >= 0.6 is 0 Å². The fourth-order valence-corrected chi connectivity index (χ4v) is 1.53. The van der Waals surface area contributed by atoms with Crippen molar-refractivity contribution in [2.24, 2.45) is 5.73 Å². The van der Waals surface area contributed by atoms with E-state index in [2.05, 4.69) is 9.97 Å². The Morgan fingerprint density at radius 2 is 1.74 bits per heavy atom. The molecule has 0 fully saturated rings. The molecular weight excluding hydrogens is 262 g/mol. The lowest BCUT2D eigenvalue weighted by Crippen LogP contribution is -2.10. The van der Waals surface area contributed by atoms with Gasteiger partial charge in [0.2, 0.25) is 5.82 Å². The Labute approximate surface area is 106 Å². The maximum absolute atomic E-state index is 13.6. The number of aromatic nitrogens is 2. The van der Waals surface area contributed by atoms with Crippen molar-refractivity contribution in [2.45, 2.75) is 12.7 Å². The molecule has 1 heterocycles. The Kier molecular flexibility index (Phi) is 3.48. The maximum Gasteiger partial charge on any atom is 0.451 e. The number of hydrogen-bond donors (Lipinski definition) is 1. The molecule has 0 saturated heterocycles. The van der Waals surface area contributed by atoms with E-state index in [4.69, 9.17) is 5.73 Å². The normalized spacial score (nSPS) is 11.6. The molecule has 1 aromatic heterocycles. The highest BCUT2D eigenvalue weighted by Crippen LogP contribution is 2.28. The molecule has 1 aromatic carbocycles. The summed E-state index contributed by atoms with van der Waals surface area (Å²) < 4.78 is 50.5. The molecule has 0 atom stereocenters. The lowest BCUT2D eigenvalue weighted by Gasteiger charge is -2.07. The monoisotopic (exact) mass is 271 g/mol. The number of nitrogens with two attached hydrogens (primary N) is 1. The predicted octanol–water partition coefficient (Wildman–Crippen LogP) is 2.76. The van der Waals surface area contributed by atoms with E-state index in [1.54, 1.807) is 0 Å². The zero-order valence-corrected chi connectivity index (χ0v) is 9.58. The van der Waals surface area contributed by atoms with Crippen molar-refractivity contribution in [1.82, 2.24) is 9.97 Å². The van der Waals surface area contributed by atoms with Crippen molar-refractivity contribution >= 4 is 0 Å². The highest BCUT2D eigenvalue weighted by molar-refractivity contribution is 5.63. The van der Waals surface area contributed by atoms with Crippen LogP contribution in [-0.2, 0) is 12.7 Å². The molecule has 0 aliphatic heterocycles. The Hall–Kier alpha value is -2.02. The van der Waals surface area contributed by atoms with Gasteiger partial charge in [0, 0.05) is 30.1 Å². The standard InChI is InChI=1S/C12H9F4N3/c13-10-2-1-7(4-17)3-9(10)8-5-18-11(19-6-8)12(14,15)16/h1-3,5-6H,4,17H2. The summed E-state index contributed by atoms with van der Waals surface area (Å²) in [5, 5.41) is 0. The first kappa shape index (κ1) is 13.4. The van der Waals surface area contributed by atoms with Crippen LogP contribution in [-0.4, -0.2) is 9.97 Å². The molecule has 0 bridgehead atoms. The largest absolute Gasteiger partial charge is 0.451 e. The molecule has 0 saturated carbocycles. The van der Waals surface area contributed by atoms with Crippen molar-refractivity contribution in [3.63, 3.8) is 0 Å². The average molecular weight is 271 g/mol. The summed E-state index contributed by atoms with van der Waals surface area (Å²) in [5.74, 6) is -1.83. The third-order valence-corrected chi connectivity index (χ3v) is 2.48. The van der Waals surface area contributed by atoms with Crippen molar-refractivity contribution < 1.29 is 17.6 Å². The molecular formula is C12H9F4N3. The maximum atomic E-state index is 13.6. The predicted molar refractivity (Wildman–Crippen MR) is 60.3 cm³/mol. The van der Waals surface area contributed by atoms with Crippen LogP contribution in [0.5, 0.6) is 0 Å². The van der Waals surface area contributed by atoms with Crippen LogP contribution in [0.4, 0.5) is 17.6 Å². The van der Waals surface area contributed by atoms with Crippen LogP contribution < -0.4 is 5.73 Å². The van der Waals surface area contributed by atoms with Crippen molar-refractivity contribution in [3.8, 4) is 11.1 Å². The van der Waals surface area contributed by atoms with E-state index < -0.39 is 17.8 Å². The first-order chi connectivity index (χ1) is 8.91. The molecule has 100 valence electrons. The van der Waals surface area contributed by atoms with E-state index in [1.807, 2.05) is 0 Å². The van der Waals surface area contributed by atoms with Gasteiger partial charge in [0.05, 0.1) is 0 Å². The molecule has 0 aliphatic carbocycles. The van der Waals surface area contributed by atoms with E-state index in [1.165, 1.54) is 18.2 Å². The highest BCUT2D eigenvalue weighted by atomic mass is 19.4. The van der Waals surface area contributed by atoms with Gasteiger partial charge in [-0.3, -0.25) is 0 Å². The fourth-order valence-electron chi connectivity index (χ4n) is 1.53. The SMILES string of the molecule is NCc1ccc(F)c(-c2cnc(C(F)(F)F)nc2)c1. The van der Waals surface area contributed by atoms with Crippen LogP contribution in [0.1, 0.15) is 11.4 Å². The van der Waals surface area contributed by atoms with E-state index >= 15 is 0 Å². The highest BCUT2D eigenvalue weighted by Gasteiger charge is 2.34. The van der Waals surface area contributed by atoms with Gasteiger partial charge >= 0.3 is 6.18 Å². The molecule has 2 rings (SSSR count). The zero-order chi connectivity index (χ0) is 14.0. The Bertz CT molecular complexity index is 579. The molecule has 0 unspecified atom stereocenters. The molecule has 2 aromatic rings. The van der Waals surface area contributed by atoms with Crippen LogP contribution in [0.25, 0.3) is 11.1 Å². The number of halogens is 4. The smallest absolute Gasteiger partial charge is 0.326 e. The molecule has 7 heteroatoms. The van der Waals surface area contributed by atoms with Gasteiger partial charge in [-0.1, -0.05) is 6.07 Å². The van der Waals surface area contributed by atoms with Gasteiger partial charge in [-0.05, 0) is 17.7 Å². The van der Waals surface area contributed by atoms with Gasteiger partial charge in [-0.25, -0.2) is 14.4 Å². The third kappa shape index (κ3) is 2.87. The molecule has 19 heavy (non-hydrogen) atoms. The fraction of sp³-hybridized carbons (Fsp3) is 0.167. The lowest BCUT2D eigenvalue weighted by atomic mass is 10.1.